The highest BCUT2D eigenvalue weighted by molar-refractivity contribution is 5.89. The van der Waals surface area contributed by atoms with Crippen LogP contribution < -0.4 is 22.3 Å². The van der Waals surface area contributed by atoms with Crippen molar-refractivity contribution in [3.05, 3.63) is 48.5 Å². The largest absolute Gasteiger partial charge is 1.00 e. The molecule has 184 valence electrons. The van der Waals surface area contributed by atoms with Crippen molar-refractivity contribution in [2.75, 3.05) is 32.0 Å². The van der Waals surface area contributed by atoms with E-state index in [0.717, 1.165) is 32.1 Å². The third kappa shape index (κ3) is 5.97. The molecule has 1 saturated heterocycles. The first-order valence-corrected chi connectivity index (χ1v) is 11.6. The summed E-state index contributed by atoms with van der Waals surface area (Å²) in [7, 11) is 1.96. The van der Waals surface area contributed by atoms with Crippen LogP contribution in [-0.4, -0.2) is 69.2 Å². The molecule has 1 saturated carbocycles. The van der Waals surface area contributed by atoms with Crippen LogP contribution in [0.1, 0.15) is 44.1 Å². The Balaban J connectivity index is 0.00000324. The van der Waals surface area contributed by atoms with Gasteiger partial charge in [0.2, 0.25) is 5.95 Å². The average Bonchev–Trinajstić information content (AvgIpc) is 3.19. The number of aromatic nitrogens is 3. The van der Waals surface area contributed by atoms with E-state index in [2.05, 4.69) is 20.3 Å². The predicted molar refractivity (Wildman–Crippen MR) is 121 cm³/mol. The zero-order valence-electron chi connectivity index (χ0n) is 19.4. The number of esters is 1. The molecule has 9 nitrogen and oxygen atoms in total. The molecule has 34 heavy (non-hydrogen) atoms. The van der Waals surface area contributed by atoms with E-state index in [1.54, 1.807) is 12.1 Å². The molecule has 1 aromatic heterocycles. The summed E-state index contributed by atoms with van der Waals surface area (Å²) in [5.74, 6) is -0.730. The van der Waals surface area contributed by atoms with Gasteiger partial charge in [0, 0.05) is 12.3 Å². The van der Waals surface area contributed by atoms with E-state index >= 15 is 0 Å². The average molecular weight is 534 g/mol. The number of anilines is 1. The number of likely N-dealkylation sites (N-methyl/N-ethyl adjacent to an activating group) is 1. The van der Waals surface area contributed by atoms with Gasteiger partial charge in [-0.05, 0) is 18.4 Å². The van der Waals surface area contributed by atoms with Crippen molar-refractivity contribution in [2.24, 2.45) is 5.92 Å². The summed E-state index contributed by atoms with van der Waals surface area (Å²) in [4.78, 5) is 37.5. The molecule has 4 rings (SSSR count). The quantitative estimate of drug-likeness (QED) is 0.348. The summed E-state index contributed by atoms with van der Waals surface area (Å²) in [6, 6.07) is 9.15. The number of nitrogens with zero attached hydrogens (tertiary/aromatic N) is 4. The topological polar surface area (TPSA) is 114 Å². The number of quaternary nitrogens is 1. The normalized spacial score (nSPS) is 24.5. The Kier molecular flexibility index (Phi) is 8.72. The van der Waals surface area contributed by atoms with Crippen LogP contribution in [0.5, 0.6) is 0 Å². The number of ether oxygens (including phenoxy) is 1. The van der Waals surface area contributed by atoms with Gasteiger partial charge >= 0.3 is 5.97 Å². The van der Waals surface area contributed by atoms with Crippen molar-refractivity contribution < 1.29 is 40.9 Å². The highest BCUT2D eigenvalue weighted by atomic mass is 79.9. The molecule has 3 atom stereocenters. The third-order valence-electron chi connectivity index (χ3n) is 6.90. The molecular formula is C24H32BrN5O4. The third-order valence-corrected chi connectivity index (χ3v) is 6.90. The number of benzene rings is 1. The number of likely N-dealkylation sites (tertiary alicyclic amines) is 1. The molecule has 1 amide bonds. The molecule has 2 aliphatic rings. The molecule has 1 aliphatic carbocycles. The fourth-order valence-electron chi connectivity index (χ4n) is 5.16. The van der Waals surface area contributed by atoms with E-state index in [1.807, 2.05) is 25.2 Å². The highest BCUT2D eigenvalue weighted by Gasteiger charge is 2.49. The van der Waals surface area contributed by atoms with Gasteiger partial charge in [-0.25, -0.2) is 19.7 Å². The zero-order valence-corrected chi connectivity index (χ0v) is 21.0. The number of carbonyl (C=O) groups excluding carboxylic acids is 2. The predicted octanol–water partition coefficient (Wildman–Crippen LogP) is -0.956. The monoisotopic (exact) mass is 533 g/mol. The second-order valence-electron chi connectivity index (χ2n) is 9.48. The van der Waals surface area contributed by atoms with E-state index in [9.17, 15) is 14.7 Å². The molecule has 0 bridgehead atoms. The van der Waals surface area contributed by atoms with Gasteiger partial charge in [0.1, 0.15) is 19.2 Å². The summed E-state index contributed by atoms with van der Waals surface area (Å²) < 4.78 is 6.34. The highest BCUT2D eigenvalue weighted by Crippen LogP contribution is 2.41. The van der Waals surface area contributed by atoms with Gasteiger partial charge in [-0.1, -0.05) is 49.6 Å². The van der Waals surface area contributed by atoms with Crippen LogP contribution in [0, 0.1) is 5.92 Å². The Labute approximate surface area is 210 Å². The smallest absolute Gasteiger partial charge is 0.343 e. The van der Waals surface area contributed by atoms with Gasteiger partial charge in [0.15, 0.2) is 18.2 Å². The molecule has 2 fully saturated rings. The van der Waals surface area contributed by atoms with Crippen LogP contribution >= 0.6 is 0 Å². The molecule has 1 aliphatic heterocycles. The van der Waals surface area contributed by atoms with Crippen molar-refractivity contribution in [2.45, 2.75) is 50.2 Å². The summed E-state index contributed by atoms with van der Waals surface area (Å²) >= 11 is 0. The standard InChI is InChI=1S/C24H31N5O4.BrH/c1-29(15-21(30)28-23-26-16-25-17-27-23)13-12-20(14-29)33-22(31)24(32,18-8-4-2-5-9-18)19-10-6-3-7-11-19;/h2,4-5,8-9,16-17,19-20,32H,3,6-7,10-15H2,1H3;1H. The van der Waals surface area contributed by atoms with Gasteiger partial charge in [-0.15, -0.1) is 0 Å². The SMILES string of the molecule is C[N+]1(CC(=O)Nc2ncncn2)CCC(OC(=O)C(O)(c2ccccc2)C2CCCCC2)C1.[Br-]. The number of halogens is 1. The lowest BCUT2D eigenvalue weighted by atomic mass is 9.73. The number of nitrogens with one attached hydrogen (secondary N) is 1. The van der Waals surface area contributed by atoms with Crippen molar-refractivity contribution in [1.29, 1.82) is 0 Å². The van der Waals surface area contributed by atoms with Crippen molar-refractivity contribution in [3.63, 3.8) is 0 Å². The number of rotatable bonds is 7. The maximum atomic E-state index is 13.4. The van der Waals surface area contributed by atoms with Crippen LogP contribution in [0.4, 0.5) is 5.95 Å². The lowest BCUT2D eigenvalue weighted by molar-refractivity contribution is -0.890. The number of carbonyl (C=O) groups is 2. The fraction of sp³-hybridized carbons (Fsp3) is 0.542. The van der Waals surface area contributed by atoms with Crippen LogP contribution in [0.25, 0.3) is 0 Å². The van der Waals surface area contributed by atoms with Gasteiger partial charge < -0.3 is 31.3 Å². The van der Waals surface area contributed by atoms with Gasteiger partial charge in [0.05, 0.1) is 13.6 Å². The molecule has 2 heterocycles. The number of hydrogen-bond acceptors (Lipinski definition) is 7. The van der Waals surface area contributed by atoms with Crippen LogP contribution in [0.15, 0.2) is 43.0 Å². The Hall–Kier alpha value is -2.43. The molecular weight excluding hydrogens is 502 g/mol. The maximum Gasteiger partial charge on any atom is 0.343 e. The molecule has 10 heteroatoms. The van der Waals surface area contributed by atoms with E-state index in [-0.39, 0.29) is 47.4 Å². The van der Waals surface area contributed by atoms with Gasteiger partial charge in [-0.2, -0.15) is 0 Å². The second kappa shape index (κ2) is 11.3. The molecule has 2 aromatic rings. The number of hydrogen-bond donors (Lipinski definition) is 2. The first kappa shape index (κ1) is 26.2. The minimum Gasteiger partial charge on any atom is -1.00 e. The first-order valence-electron chi connectivity index (χ1n) is 11.6. The maximum absolute atomic E-state index is 13.4. The van der Waals surface area contributed by atoms with E-state index in [4.69, 9.17) is 4.74 Å². The van der Waals surface area contributed by atoms with Crippen molar-refractivity contribution >= 4 is 17.8 Å². The molecule has 0 radical (unpaired) electrons. The van der Waals surface area contributed by atoms with Crippen LogP contribution in [-0.2, 0) is 19.9 Å². The van der Waals surface area contributed by atoms with E-state index < -0.39 is 11.6 Å². The minimum absolute atomic E-state index is 0. The van der Waals surface area contributed by atoms with E-state index in [0.29, 0.717) is 29.6 Å². The van der Waals surface area contributed by atoms with Crippen LogP contribution in [0.3, 0.4) is 0 Å². The number of amides is 1. The lowest BCUT2D eigenvalue weighted by Gasteiger charge is -2.37. The Morgan fingerprint density at radius 1 is 1.12 bits per heavy atom. The molecule has 0 spiro atoms. The first-order chi connectivity index (χ1) is 15.9. The second-order valence-corrected chi connectivity index (χ2v) is 9.48. The number of aliphatic hydroxyl groups is 1. The Bertz CT molecular complexity index is 960. The summed E-state index contributed by atoms with van der Waals surface area (Å²) in [6.07, 6.45) is 7.66. The Morgan fingerprint density at radius 3 is 2.47 bits per heavy atom. The van der Waals surface area contributed by atoms with Gasteiger partial charge in [-0.3, -0.25) is 10.1 Å². The zero-order chi connectivity index (χ0) is 23.3. The van der Waals surface area contributed by atoms with E-state index in [1.165, 1.54) is 12.7 Å². The molecule has 3 unspecified atom stereocenters. The summed E-state index contributed by atoms with van der Waals surface area (Å²) in [5, 5.41) is 14.4. The minimum atomic E-state index is -1.65. The van der Waals surface area contributed by atoms with Crippen molar-refractivity contribution in [3.8, 4) is 0 Å². The Morgan fingerprint density at radius 2 is 1.79 bits per heavy atom. The van der Waals surface area contributed by atoms with Gasteiger partial charge in [0.25, 0.3) is 5.91 Å². The summed E-state index contributed by atoms with van der Waals surface area (Å²) in [5.41, 5.74) is -1.06. The molecule has 2 N–H and O–H groups in total. The van der Waals surface area contributed by atoms with Crippen LogP contribution in [0.2, 0.25) is 0 Å². The molecule has 1 aromatic carbocycles. The lowest BCUT2D eigenvalue weighted by Crippen LogP contribution is -3.00. The summed E-state index contributed by atoms with van der Waals surface area (Å²) in [6.45, 7) is 1.41. The fourth-order valence-corrected chi connectivity index (χ4v) is 5.16. The van der Waals surface area contributed by atoms with Crippen molar-refractivity contribution in [1.82, 2.24) is 15.0 Å².